The maximum Gasteiger partial charge on any atom is 0.211 e. The number of halogens is 2. The largest absolute Gasteiger partial charge is 0.489 e. The van der Waals surface area contributed by atoms with Crippen molar-refractivity contribution in [1.29, 1.82) is 0 Å². The van der Waals surface area contributed by atoms with Crippen LogP contribution in [0.3, 0.4) is 0 Å². The number of hydrogen-bond acceptors (Lipinski definition) is 3. The fraction of sp³-hybridized carbons (Fsp3) is 0.478. The Balaban J connectivity index is 1.63. The lowest BCUT2D eigenvalue weighted by Gasteiger charge is -2.31. The van der Waals surface area contributed by atoms with Crippen molar-refractivity contribution in [3.05, 3.63) is 52.3 Å². The topological polar surface area (TPSA) is 46.6 Å². The molecule has 7 heteroatoms. The molecule has 1 aliphatic heterocycles. The van der Waals surface area contributed by atoms with Gasteiger partial charge in [0.15, 0.2) is 0 Å². The number of benzene rings is 2. The van der Waals surface area contributed by atoms with E-state index in [0.29, 0.717) is 13.1 Å². The summed E-state index contributed by atoms with van der Waals surface area (Å²) in [4.78, 5) is 0. The van der Waals surface area contributed by atoms with Gasteiger partial charge < -0.3 is 4.74 Å². The first-order valence-electron chi connectivity index (χ1n) is 10.3. The van der Waals surface area contributed by atoms with E-state index in [9.17, 15) is 12.8 Å². The van der Waals surface area contributed by atoms with E-state index >= 15 is 0 Å². The van der Waals surface area contributed by atoms with Gasteiger partial charge in [0.25, 0.3) is 0 Å². The molecule has 2 aromatic carbocycles. The average molecular weight is 543 g/mol. The molecule has 0 spiro atoms. The van der Waals surface area contributed by atoms with Crippen molar-refractivity contribution in [2.24, 2.45) is 0 Å². The zero-order valence-electron chi connectivity index (χ0n) is 17.5. The van der Waals surface area contributed by atoms with Crippen LogP contribution in [0.25, 0.3) is 11.1 Å². The molecule has 1 saturated heterocycles. The molecule has 2 aromatic rings. The molecule has 2 aliphatic rings. The molecule has 4 rings (SSSR count). The Morgan fingerprint density at radius 1 is 1.17 bits per heavy atom. The quantitative estimate of drug-likeness (QED) is 0.387. The van der Waals surface area contributed by atoms with Gasteiger partial charge in [0.2, 0.25) is 10.0 Å². The van der Waals surface area contributed by atoms with Gasteiger partial charge in [0, 0.05) is 16.0 Å². The third-order valence-corrected chi connectivity index (χ3v) is 8.67. The fourth-order valence-corrected chi connectivity index (χ4v) is 6.69. The number of nitrogens with zero attached hydrogens (tertiary/aromatic N) is 1. The van der Waals surface area contributed by atoms with Crippen LogP contribution in [-0.2, 0) is 16.4 Å². The van der Waals surface area contributed by atoms with E-state index in [2.05, 4.69) is 36.4 Å². The number of rotatable bonds is 4. The molecule has 0 unspecified atom stereocenters. The minimum Gasteiger partial charge on any atom is -0.489 e. The summed E-state index contributed by atoms with van der Waals surface area (Å²) in [7, 11) is -3.20. The number of fused-ring (bicyclic) bond motifs is 1. The molecule has 30 heavy (non-hydrogen) atoms. The lowest BCUT2D eigenvalue weighted by Crippen LogP contribution is -2.43. The smallest absolute Gasteiger partial charge is 0.211 e. The van der Waals surface area contributed by atoms with Crippen LogP contribution in [0.2, 0.25) is 0 Å². The normalized spacial score (nSPS) is 22.2. The van der Waals surface area contributed by atoms with Crippen molar-refractivity contribution in [3.63, 3.8) is 0 Å². The standard InChI is InChI=1S/C23H27FINO3S/c1-14-11-17(29-16-5-4-10-26(13-16)30(3,27)28)12-15(2)22(14)18-6-8-20(24)23-19(18)7-9-21(23)25/h6,8,11-12,16,21H,4-5,7,9-10,13H2,1-3H3/t16-,21-/m1/s1. The Morgan fingerprint density at radius 3 is 2.53 bits per heavy atom. The minimum absolute atomic E-state index is 0.103. The monoisotopic (exact) mass is 543 g/mol. The van der Waals surface area contributed by atoms with Crippen molar-refractivity contribution in [2.75, 3.05) is 19.3 Å². The SMILES string of the molecule is Cc1cc(O[C@@H]2CCCN(S(C)(=O)=O)C2)cc(C)c1-c1ccc(F)c2c1CC[C@H]2I. The fourth-order valence-electron chi connectivity index (χ4n) is 4.81. The Bertz CT molecular complexity index is 1060. The van der Waals surface area contributed by atoms with E-state index in [1.54, 1.807) is 6.07 Å². The number of alkyl halides is 1. The zero-order valence-corrected chi connectivity index (χ0v) is 20.5. The van der Waals surface area contributed by atoms with Gasteiger partial charge in [0.05, 0.1) is 12.8 Å². The van der Waals surface area contributed by atoms with Crippen LogP contribution in [-0.4, -0.2) is 38.2 Å². The van der Waals surface area contributed by atoms with Crippen LogP contribution in [0.5, 0.6) is 5.75 Å². The lowest BCUT2D eigenvalue weighted by atomic mass is 9.90. The average Bonchev–Trinajstić information content (AvgIpc) is 3.05. The van der Waals surface area contributed by atoms with Gasteiger partial charge >= 0.3 is 0 Å². The van der Waals surface area contributed by atoms with E-state index in [1.165, 1.54) is 10.6 Å². The van der Waals surface area contributed by atoms with Gasteiger partial charge in [0.1, 0.15) is 17.7 Å². The number of ether oxygens (including phenoxy) is 1. The zero-order chi connectivity index (χ0) is 21.6. The molecular formula is C23H27FINO3S. The Hall–Kier alpha value is -1.19. The summed E-state index contributed by atoms with van der Waals surface area (Å²) in [5.74, 6) is 0.660. The summed E-state index contributed by atoms with van der Waals surface area (Å²) >= 11 is 2.34. The molecule has 2 atom stereocenters. The van der Waals surface area contributed by atoms with Crippen LogP contribution in [0, 0.1) is 19.7 Å². The van der Waals surface area contributed by atoms with Gasteiger partial charge in [-0.05, 0) is 85.5 Å². The Kier molecular flexibility index (Phi) is 6.16. The number of hydrogen-bond donors (Lipinski definition) is 0. The third-order valence-electron chi connectivity index (χ3n) is 6.15. The molecule has 0 bridgehead atoms. The highest BCUT2D eigenvalue weighted by Gasteiger charge is 2.29. The summed E-state index contributed by atoms with van der Waals surface area (Å²) in [5, 5.41) is 0. The number of aryl methyl sites for hydroxylation is 2. The number of piperidine rings is 1. The second-order valence-corrected chi connectivity index (χ2v) is 11.9. The van der Waals surface area contributed by atoms with Gasteiger partial charge in [-0.15, -0.1) is 0 Å². The van der Waals surface area contributed by atoms with Crippen molar-refractivity contribution in [3.8, 4) is 16.9 Å². The van der Waals surface area contributed by atoms with Crippen LogP contribution in [0.1, 0.15) is 45.4 Å². The van der Waals surface area contributed by atoms with E-state index in [0.717, 1.165) is 64.8 Å². The van der Waals surface area contributed by atoms with Crippen LogP contribution >= 0.6 is 22.6 Å². The van der Waals surface area contributed by atoms with Gasteiger partial charge in [-0.1, -0.05) is 28.7 Å². The molecule has 0 radical (unpaired) electrons. The summed E-state index contributed by atoms with van der Waals surface area (Å²) in [6, 6.07) is 7.54. The van der Waals surface area contributed by atoms with Crippen molar-refractivity contribution < 1.29 is 17.5 Å². The second kappa shape index (κ2) is 8.39. The molecule has 1 fully saturated rings. The molecule has 1 heterocycles. The molecule has 4 nitrogen and oxygen atoms in total. The van der Waals surface area contributed by atoms with Crippen molar-refractivity contribution in [2.45, 2.75) is 49.6 Å². The molecule has 0 aromatic heterocycles. The maximum atomic E-state index is 14.4. The second-order valence-electron chi connectivity index (χ2n) is 8.43. The molecule has 0 amide bonds. The molecular weight excluding hydrogens is 516 g/mol. The first kappa shape index (κ1) is 22.0. The molecule has 162 valence electrons. The summed E-state index contributed by atoms with van der Waals surface area (Å²) in [5.41, 5.74) is 6.43. The highest BCUT2D eigenvalue weighted by atomic mass is 127. The lowest BCUT2D eigenvalue weighted by molar-refractivity contribution is 0.130. The summed E-state index contributed by atoms with van der Waals surface area (Å²) < 4.78 is 46.1. The predicted molar refractivity (Wildman–Crippen MR) is 126 cm³/mol. The third kappa shape index (κ3) is 4.25. The van der Waals surface area contributed by atoms with Crippen molar-refractivity contribution >= 4 is 32.6 Å². The summed E-state index contributed by atoms with van der Waals surface area (Å²) in [6.07, 6.45) is 4.62. The Morgan fingerprint density at radius 2 is 1.87 bits per heavy atom. The highest BCUT2D eigenvalue weighted by Crippen LogP contribution is 2.45. The van der Waals surface area contributed by atoms with Gasteiger partial charge in [-0.25, -0.2) is 12.8 Å². The molecule has 0 saturated carbocycles. The van der Waals surface area contributed by atoms with E-state index in [-0.39, 0.29) is 15.8 Å². The molecule has 1 aliphatic carbocycles. The van der Waals surface area contributed by atoms with Crippen LogP contribution in [0.4, 0.5) is 4.39 Å². The maximum absolute atomic E-state index is 14.4. The number of sulfonamides is 1. The van der Waals surface area contributed by atoms with E-state index in [1.807, 2.05) is 18.2 Å². The van der Waals surface area contributed by atoms with Gasteiger partial charge in [-0.3, -0.25) is 0 Å². The summed E-state index contributed by atoms with van der Waals surface area (Å²) in [6.45, 7) is 5.07. The van der Waals surface area contributed by atoms with Gasteiger partial charge in [-0.2, -0.15) is 4.31 Å². The first-order valence-corrected chi connectivity index (χ1v) is 13.4. The van der Waals surface area contributed by atoms with E-state index < -0.39 is 10.0 Å². The molecule has 0 N–H and O–H groups in total. The highest BCUT2D eigenvalue weighted by molar-refractivity contribution is 14.1. The predicted octanol–water partition coefficient (Wildman–Crippen LogP) is 5.33. The minimum atomic E-state index is -3.20. The van der Waals surface area contributed by atoms with Crippen LogP contribution < -0.4 is 4.74 Å². The first-order chi connectivity index (χ1) is 14.1. The van der Waals surface area contributed by atoms with E-state index in [4.69, 9.17) is 4.74 Å². The Labute approximate surface area is 192 Å². The van der Waals surface area contributed by atoms with Crippen molar-refractivity contribution in [1.82, 2.24) is 4.31 Å². The van der Waals surface area contributed by atoms with Crippen LogP contribution in [0.15, 0.2) is 24.3 Å².